The van der Waals surface area contributed by atoms with Crippen molar-refractivity contribution in [3.63, 3.8) is 0 Å². The van der Waals surface area contributed by atoms with E-state index in [-0.39, 0.29) is 11.9 Å². The number of fused-ring (bicyclic) bond motifs is 1. The maximum absolute atomic E-state index is 12.8. The number of rotatable bonds is 1. The zero-order chi connectivity index (χ0) is 14.1. The Hall–Kier alpha value is -2.29. The first kappa shape index (κ1) is 12.7. The third kappa shape index (κ3) is 2.16. The summed E-state index contributed by atoms with van der Waals surface area (Å²) in [7, 11) is 0. The summed E-state index contributed by atoms with van der Waals surface area (Å²) in [5, 5.41) is 0. The van der Waals surface area contributed by atoms with Crippen molar-refractivity contribution in [3.05, 3.63) is 59.7 Å². The number of carbonyl (C=O) groups is 1. The Kier molecular flexibility index (Phi) is 3.18. The maximum atomic E-state index is 12.8. The van der Waals surface area contributed by atoms with Gasteiger partial charge in [0, 0.05) is 5.56 Å². The predicted molar refractivity (Wildman–Crippen MR) is 79.4 cm³/mol. The highest BCUT2D eigenvalue weighted by atomic mass is 16.5. The molecule has 0 fully saturated rings. The molecule has 0 aromatic heterocycles. The fourth-order valence-electron chi connectivity index (χ4n) is 2.45. The average Bonchev–Trinajstić information content (AvgIpc) is 2.47. The van der Waals surface area contributed by atoms with Crippen LogP contribution in [0.15, 0.2) is 48.5 Å². The quantitative estimate of drug-likeness (QED) is 0.792. The van der Waals surface area contributed by atoms with Crippen molar-refractivity contribution in [2.45, 2.75) is 19.9 Å². The van der Waals surface area contributed by atoms with Gasteiger partial charge in [-0.15, -0.1) is 0 Å². The van der Waals surface area contributed by atoms with Crippen LogP contribution in [0.1, 0.15) is 22.8 Å². The van der Waals surface area contributed by atoms with Crippen LogP contribution >= 0.6 is 0 Å². The summed E-state index contributed by atoms with van der Waals surface area (Å²) in [6.45, 7) is 4.54. The Labute approximate surface area is 118 Å². The number of nitrogens with zero attached hydrogens (tertiary/aromatic N) is 1. The Morgan fingerprint density at radius 1 is 1.15 bits per heavy atom. The lowest BCUT2D eigenvalue weighted by molar-refractivity contribution is 0.0961. The molecule has 0 saturated heterocycles. The second-order valence-electron chi connectivity index (χ2n) is 5.17. The van der Waals surface area contributed by atoms with Gasteiger partial charge in [-0.05, 0) is 38.1 Å². The lowest BCUT2D eigenvalue weighted by Gasteiger charge is -2.35. The third-order valence-electron chi connectivity index (χ3n) is 3.56. The number of hydrogen-bond donors (Lipinski definition) is 0. The number of benzene rings is 2. The van der Waals surface area contributed by atoms with E-state index in [1.54, 1.807) is 0 Å². The molecular weight excluding hydrogens is 250 g/mol. The fraction of sp³-hybridized carbons (Fsp3) is 0.235. The molecule has 1 heterocycles. The molecule has 2 aromatic carbocycles. The highest BCUT2D eigenvalue weighted by molar-refractivity contribution is 6.07. The molecule has 20 heavy (non-hydrogen) atoms. The van der Waals surface area contributed by atoms with Gasteiger partial charge in [0.25, 0.3) is 5.91 Å². The van der Waals surface area contributed by atoms with Crippen LogP contribution in [0.2, 0.25) is 0 Å². The number of carbonyl (C=O) groups excluding carboxylic acids is 1. The van der Waals surface area contributed by atoms with Gasteiger partial charge in [-0.2, -0.15) is 0 Å². The molecule has 0 radical (unpaired) electrons. The first-order valence-electron chi connectivity index (χ1n) is 6.79. The monoisotopic (exact) mass is 267 g/mol. The Morgan fingerprint density at radius 2 is 1.85 bits per heavy atom. The van der Waals surface area contributed by atoms with Crippen LogP contribution in [0, 0.1) is 6.92 Å². The molecule has 1 atom stereocenters. The van der Waals surface area contributed by atoms with Crippen LogP contribution in [0.3, 0.4) is 0 Å². The van der Waals surface area contributed by atoms with E-state index in [0.29, 0.717) is 12.2 Å². The van der Waals surface area contributed by atoms with E-state index < -0.39 is 0 Å². The summed E-state index contributed by atoms with van der Waals surface area (Å²) in [5.74, 6) is 0.791. The van der Waals surface area contributed by atoms with Crippen LogP contribution in [-0.2, 0) is 0 Å². The van der Waals surface area contributed by atoms with Gasteiger partial charge >= 0.3 is 0 Å². The molecule has 1 aliphatic heterocycles. The molecule has 0 bridgehead atoms. The molecule has 1 aliphatic rings. The Bertz CT molecular complexity index is 634. The van der Waals surface area contributed by atoms with Gasteiger partial charge in [-0.25, -0.2) is 0 Å². The fourth-order valence-corrected chi connectivity index (χ4v) is 2.45. The first-order valence-corrected chi connectivity index (χ1v) is 6.79. The molecule has 2 aromatic rings. The van der Waals surface area contributed by atoms with Crippen molar-refractivity contribution < 1.29 is 9.53 Å². The van der Waals surface area contributed by atoms with Crippen LogP contribution in [-0.4, -0.2) is 18.6 Å². The van der Waals surface area contributed by atoms with E-state index in [1.807, 2.05) is 67.3 Å². The van der Waals surface area contributed by atoms with E-state index >= 15 is 0 Å². The topological polar surface area (TPSA) is 29.5 Å². The minimum atomic E-state index is 0.0215. The van der Waals surface area contributed by atoms with Crippen molar-refractivity contribution >= 4 is 11.6 Å². The van der Waals surface area contributed by atoms with Gasteiger partial charge in [-0.3, -0.25) is 9.69 Å². The minimum absolute atomic E-state index is 0.0215. The first-order chi connectivity index (χ1) is 9.66. The molecule has 0 saturated carbocycles. The molecule has 0 N–H and O–H groups in total. The Morgan fingerprint density at radius 3 is 2.60 bits per heavy atom. The standard InChI is InChI=1S/C17H17NO2/c1-12-7-9-14(10-8-12)17(19)18-13(2)11-20-16-6-4-3-5-15(16)18/h3-10,13H,11H2,1-2H3/t13-/m0/s1. The highest BCUT2D eigenvalue weighted by Crippen LogP contribution is 2.34. The number of ether oxygens (including phenoxy) is 1. The van der Waals surface area contributed by atoms with Gasteiger partial charge in [0.15, 0.2) is 0 Å². The van der Waals surface area contributed by atoms with Crippen molar-refractivity contribution in [1.82, 2.24) is 0 Å². The molecule has 0 unspecified atom stereocenters. The van der Waals surface area contributed by atoms with Gasteiger partial charge in [0.05, 0.1) is 11.7 Å². The number of hydrogen-bond acceptors (Lipinski definition) is 2. The van der Waals surface area contributed by atoms with Crippen molar-refractivity contribution in [2.75, 3.05) is 11.5 Å². The summed E-state index contributed by atoms with van der Waals surface area (Å²) in [6.07, 6.45) is 0. The summed E-state index contributed by atoms with van der Waals surface area (Å²) in [5.41, 5.74) is 2.70. The van der Waals surface area contributed by atoms with E-state index in [9.17, 15) is 4.79 Å². The molecule has 1 amide bonds. The molecule has 3 heteroatoms. The summed E-state index contributed by atoms with van der Waals surface area (Å²) in [6, 6.07) is 15.4. The van der Waals surface area contributed by atoms with Crippen LogP contribution in [0.5, 0.6) is 5.75 Å². The number of para-hydroxylation sites is 2. The van der Waals surface area contributed by atoms with Crippen molar-refractivity contribution in [1.29, 1.82) is 0 Å². The number of amides is 1. The predicted octanol–water partition coefficient (Wildman–Crippen LogP) is 3.42. The third-order valence-corrected chi connectivity index (χ3v) is 3.56. The van der Waals surface area contributed by atoms with Crippen LogP contribution < -0.4 is 9.64 Å². The number of anilines is 1. The smallest absolute Gasteiger partial charge is 0.258 e. The van der Waals surface area contributed by atoms with Gasteiger partial charge in [0.1, 0.15) is 12.4 Å². The molecule has 3 nitrogen and oxygen atoms in total. The lowest BCUT2D eigenvalue weighted by atomic mass is 10.1. The molecule has 0 aliphatic carbocycles. The zero-order valence-corrected chi connectivity index (χ0v) is 11.7. The summed E-state index contributed by atoms with van der Waals surface area (Å²) in [4.78, 5) is 14.6. The summed E-state index contributed by atoms with van der Waals surface area (Å²) >= 11 is 0. The van der Waals surface area contributed by atoms with Gasteiger partial charge in [0.2, 0.25) is 0 Å². The van der Waals surface area contributed by atoms with Crippen LogP contribution in [0.25, 0.3) is 0 Å². The van der Waals surface area contributed by atoms with E-state index in [4.69, 9.17) is 4.74 Å². The molecule has 3 rings (SSSR count). The number of aryl methyl sites for hydroxylation is 1. The van der Waals surface area contributed by atoms with Crippen molar-refractivity contribution in [3.8, 4) is 5.75 Å². The zero-order valence-electron chi connectivity index (χ0n) is 11.7. The average molecular weight is 267 g/mol. The SMILES string of the molecule is Cc1ccc(C(=O)N2c3ccccc3OC[C@@H]2C)cc1. The van der Waals surface area contributed by atoms with E-state index in [2.05, 4.69) is 0 Å². The van der Waals surface area contributed by atoms with E-state index in [0.717, 1.165) is 17.0 Å². The second-order valence-corrected chi connectivity index (χ2v) is 5.17. The maximum Gasteiger partial charge on any atom is 0.258 e. The summed E-state index contributed by atoms with van der Waals surface area (Å²) < 4.78 is 5.68. The van der Waals surface area contributed by atoms with Gasteiger partial charge < -0.3 is 4.74 Å². The highest BCUT2D eigenvalue weighted by Gasteiger charge is 2.29. The van der Waals surface area contributed by atoms with Crippen LogP contribution in [0.4, 0.5) is 5.69 Å². The molecule has 0 spiro atoms. The molecule has 102 valence electrons. The van der Waals surface area contributed by atoms with E-state index in [1.165, 1.54) is 0 Å². The van der Waals surface area contributed by atoms with Crippen molar-refractivity contribution in [2.24, 2.45) is 0 Å². The largest absolute Gasteiger partial charge is 0.489 e. The van der Waals surface area contributed by atoms with Gasteiger partial charge in [-0.1, -0.05) is 29.8 Å². The minimum Gasteiger partial charge on any atom is -0.489 e. The lowest BCUT2D eigenvalue weighted by Crippen LogP contribution is -2.45. The second kappa shape index (κ2) is 5.00. The Balaban J connectivity index is 2.00. The molecular formula is C17H17NO2. The normalized spacial score (nSPS) is 17.3.